The van der Waals surface area contributed by atoms with Crippen LogP contribution in [0.2, 0.25) is 0 Å². The van der Waals surface area contributed by atoms with Crippen molar-refractivity contribution in [3.8, 4) is 0 Å². The van der Waals surface area contributed by atoms with Gasteiger partial charge in [-0.1, -0.05) is 26.7 Å². The summed E-state index contributed by atoms with van der Waals surface area (Å²) in [5, 5.41) is 0. The van der Waals surface area contributed by atoms with E-state index >= 15 is 0 Å². The van der Waals surface area contributed by atoms with Crippen LogP contribution in [0.5, 0.6) is 0 Å². The molecule has 0 aliphatic carbocycles. The average Bonchev–Trinajstić information content (AvgIpc) is 2.32. The summed E-state index contributed by atoms with van der Waals surface area (Å²) in [5.41, 5.74) is 0.452. The van der Waals surface area contributed by atoms with Gasteiger partial charge in [0.2, 0.25) is 0 Å². The molecule has 0 aromatic carbocycles. The van der Waals surface area contributed by atoms with E-state index in [9.17, 15) is 0 Å². The molecule has 0 aliphatic rings. The first kappa shape index (κ1) is 17.0. The van der Waals surface area contributed by atoms with Crippen LogP contribution in [-0.2, 0) is 0 Å². The summed E-state index contributed by atoms with van der Waals surface area (Å²) in [5.74, 6) is 0. The van der Waals surface area contributed by atoms with E-state index in [1.165, 1.54) is 62.6 Å². The first-order valence-electron chi connectivity index (χ1n) is 7.85. The van der Waals surface area contributed by atoms with Crippen molar-refractivity contribution < 1.29 is 4.48 Å². The molecule has 0 radical (unpaired) electrons. The Hall–Kier alpha value is -0.0400. The van der Waals surface area contributed by atoms with Crippen LogP contribution in [0, 0.1) is 0 Å². The highest BCUT2D eigenvalue weighted by atomic mass is 15.4. The quantitative estimate of drug-likeness (QED) is 0.373. The molecule has 0 unspecified atom stereocenters. The molecule has 0 atom stereocenters. The molecule has 0 heterocycles. The lowest BCUT2D eigenvalue weighted by Crippen LogP contribution is -2.61. The molecule has 1 nitrogen and oxygen atoms in total. The summed E-state index contributed by atoms with van der Waals surface area (Å²) >= 11 is 0. The number of rotatable bonds is 10. The standard InChI is InChI=1S/C16H36N/c1-7-11-13-15-17(9-3,10-4)16(5,6)14-12-8-2/h7-15H2,1-6H3/q+1. The van der Waals surface area contributed by atoms with Crippen LogP contribution < -0.4 is 0 Å². The first-order chi connectivity index (χ1) is 7.99. The largest absolute Gasteiger partial charge is 0.320 e. The first-order valence-corrected chi connectivity index (χ1v) is 7.85. The normalized spacial score (nSPS) is 13.1. The molecule has 0 fully saturated rings. The molecule has 0 aromatic heterocycles. The van der Waals surface area contributed by atoms with Crippen LogP contribution in [0.25, 0.3) is 0 Å². The van der Waals surface area contributed by atoms with Gasteiger partial charge in [-0.05, 0) is 47.0 Å². The van der Waals surface area contributed by atoms with Gasteiger partial charge in [-0.15, -0.1) is 0 Å². The van der Waals surface area contributed by atoms with Crippen LogP contribution >= 0.6 is 0 Å². The SMILES string of the molecule is CCCCC[N+](CC)(CC)C(C)(C)CCCC. The highest BCUT2D eigenvalue weighted by molar-refractivity contribution is 4.71. The van der Waals surface area contributed by atoms with Gasteiger partial charge in [-0.2, -0.15) is 0 Å². The maximum Gasteiger partial charge on any atom is 0.0935 e. The minimum Gasteiger partial charge on any atom is -0.320 e. The van der Waals surface area contributed by atoms with Crippen molar-refractivity contribution >= 4 is 0 Å². The molecule has 0 saturated carbocycles. The molecule has 0 amide bonds. The van der Waals surface area contributed by atoms with Crippen molar-refractivity contribution in [1.82, 2.24) is 0 Å². The van der Waals surface area contributed by atoms with E-state index in [1.807, 2.05) is 0 Å². The Bertz CT molecular complexity index is 180. The van der Waals surface area contributed by atoms with Gasteiger partial charge in [0.1, 0.15) is 0 Å². The van der Waals surface area contributed by atoms with Gasteiger partial charge in [-0.3, -0.25) is 0 Å². The minimum absolute atomic E-state index is 0.452. The van der Waals surface area contributed by atoms with E-state index < -0.39 is 0 Å². The fourth-order valence-corrected chi connectivity index (χ4v) is 3.21. The van der Waals surface area contributed by atoms with E-state index in [0.717, 1.165) is 0 Å². The number of hydrogen-bond donors (Lipinski definition) is 0. The zero-order valence-electron chi connectivity index (χ0n) is 13.3. The molecule has 0 aliphatic heterocycles. The molecule has 0 bridgehead atoms. The molecule has 0 spiro atoms. The van der Waals surface area contributed by atoms with Crippen LogP contribution in [0.3, 0.4) is 0 Å². The molecule has 0 rings (SSSR count). The summed E-state index contributed by atoms with van der Waals surface area (Å²) < 4.78 is 1.31. The third-order valence-corrected chi connectivity index (χ3v) is 4.83. The van der Waals surface area contributed by atoms with Crippen LogP contribution in [0.1, 0.15) is 80.1 Å². The Kier molecular flexibility index (Phi) is 8.11. The predicted molar refractivity (Wildman–Crippen MR) is 79.3 cm³/mol. The third-order valence-electron chi connectivity index (χ3n) is 4.83. The Balaban J connectivity index is 4.64. The number of hydrogen-bond acceptors (Lipinski definition) is 0. The minimum atomic E-state index is 0.452. The number of quaternary nitrogens is 1. The lowest BCUT2D eigenvalue weighted by atomic mass is 9.91. The van der Waals surface area contributed by atoms with Crippen molar-refractivity contribution in [2.24, 2.45) is 0 Å². The summed E-state index contributed by atoms with van der Waals surface area (Å²) in [6.45, 7) is 18.3. The summed E-state index contributed by atoms with van der Waals surface area (Å²) in [6, 6.07) is 0. The molecule has 104 valence electrons. The van der Waals surface area contributed by atoms with E-state index in [-0.39, 0.29) is 0 Å². The Morgan fingerprint density at radius 3 is 1.71 bits per heavy atom. The van der Waals surface area contributed by atoms with Crippen molar-refractivity contribution in [1.29, 1.82) is 0 Å². The lowest BCUT2D eigenvalue weighted by molar-refractivity contribution is -0.970. The number of unbranched alkanes of at least 4 members (excludes halogenated alkanes) is 3. The third kappa shape index (κ3) is 4.62. The summed E-state index contributed by atoms with van der Waals surface area (Å²) in [4.78, 5) is 0. The fourth-order valence-electron chi connectivity index (χ4n) is 3.21. The molecule has 1 heteroatoms. The molecule has 0 N–H and O–H groups in total. The van der Waals surface area contributed by atoms with Gasteiger partial charge in [0.25, 0.3) is 0 Å². The van der Waals surface area contributed by atoms with Crippen molar-refractivity contribution in [2.75, 3.05) is 19.6 Å². The molecule has 17 heavy (non-hydrogen) atoms. The zero-order chi connectivity index (χ0) is 13.4. The molecule has 0 saturated heterocycles. The maximum atomic E-state index is 2.49. The summed E-state index contributed by atoms with van der Waals surface area (Å²) in [7, 11) is 0. The number of nitrogens with zero attached hydrogens (tertiary/aromatic N) is 1. The second-order valence-corrected chi connectivity index (χ2v) is 6.12. The molecular weight excluding hydrogens is 206 g/mol. The van der Waals surface area contributed by atoms with Crippen molar-refractivity contribution in [2.45, 2.75) is 85.6 Å². The topological polar surface area (TPSA) is 0 Å². The fraction of sp³-hybridized carbons (Fsp3) is 1.00. The van der Waals surface area contributed by atoms with Gasteiger partial charge in [0.15, 0.2) is 0 Å². The maximum absolute atomic E-state index is 2.49. The zero-order valence-corrected chi connectivity index (χ0v) is 13.3. The Morgan fingerprint density at radius 1 is 0.765 bits per heavy atom. The highest BCUT2D eigenvalue weighted by Gasteiger charge is 2.39. The van der Waals surface area contributed by atoms with Crippen LogP contribution in [0.4, 0.5) is 0 Å². The smallest absolute Gasteiger partial charge is 0.0935 e. The van der Waals surface area contributed by atoms with Gasteiger partial charge < -0.3 is 4.48 Å². The van der Waals surface area contributed by atoms with Crippen molar-refractivity contribution in [3.05, 3.63) is 0 Å². The van der Waals surface area contributed by atoms with Gasteiger partial charge in [0.05, 0.1) is 25.2 Å². The van der Waals surface area contributed by atoms with Gasteiger partial charge >= 0.3 is 0 Å². The van der Waals surface area contributed by atoms with E-state index in [4.69, 9.17) is 0 Å². The molecule has 0 aromatic rings. The van der Waals surface area contributed by atoms with E-state index in [0.29, 0.717) is 5.54 Å². The highest BCUT2D eigenvalue weighted by Crippen LogP contribution is 2.30. The monoisotopic (exact) mass is 242 g/mol. The van der Waals surface area contributed by atoms with Gasteiger partial charge in [-0.25, -0.2) is 0 Å². The van der Waals surface area contributed by atoms with Crippen molar-refractivity contribution in [3.63, 3.8) is 0 Å². The lowest BCUT2D eigenvalue weighted by Gasteiger charge is -2.50. The summed E-state index contributed by atoms with van der Waals surface area (Å²) in [6.07, 6.45) is 8.20. The average molecular weight is 242 g/mol. The Labute approximate surface area is 110 Å². The van der Waals surface area contributed by atoms with Crippen LogP contribution in [-0.4, -0.2) is 29.7 Å². The predicted octanol–water partition coefficient (Wildman–Crippen LogP) is 5.00. The second kappa shape index (κ2) is 8.13. The molecular formula is C16H36N+. The van der Waals surface area contributed by atoms with Crippen LogP contribution in [0.15, 0.2) is 0 Å². The van der Waals surface area contributed by atoms with Gasteiger partial charge in [0, 0.05) is 6.42 Å². The van der Waals surface area contributed by atoms with E-state index in [1.54, 1.807) is 0 Å². The second-order valence-electron chi connectivity index (χ2n) is 6.12. The Morgan fingerprint density at radius 2 is 1.29 bits per heavy atom. The van der Waals surface area contributed by atoms with E-state index in [2.05, 4.69) is 41.5 Å².